The predicted octanol–water partition coefficient (Wildman–Crippen LogP) is 4.49. The molecule has 0 saturated carbocycles. The van der Waals surface area contributed by atoms with E-state index in [0.29, 0.717) is 10.7 Å². The Hall–Kier alpha value is -2.93. The fourth-order valence-electron chi connectivity index (χ4n) is 2.86. The largest absolute Gasteiger partial charge is 0.497 e. The van der Waals surface area contributed by atoms with Crippen molar-refractivity contribution in [2.45, 2.75) is 19.9 Å². The molecule has 3 heterocycles. The summed E-state index contributed by atoms with van der Waals surface area (Å²) in [5.41, 5.74) is 1.61. The molecule has 132 valence electrons. The summed E-state index contributed by atoms with van der Waals surface area (Å²) >= 11 is 1.40. The van der Waals surface area contributed by atoms with Crippen LogP contribution < -0.4 is 10.1 Å². The molecule has 4 rings (SSSR count). The Bertz CT molecular complexity index is 1100. The van der Waals surface area contributed by atoms with Crippen molar-refractivity contribution in [1.82, 2.24) is 14.8 Å². The minimum atomic E-state index is -0.166. The van der Waals surface area contributed by atoms with Crippen molar-refractivity contribution in [3.8, 4) is 5.75 Å². The van der Waals surface area contributed by atoms with E-state index < -0.39 is 0 Å². The van der Waals surface area contributed by atoms with Crippen LogP contribution in [-0.2, 0) is 0 Å². The van der Waals surface area contributed by atoms with Crippen LogP contribution in [0.25, 0.3) is 21.9 Å². The molecule has 1 aromatic carbocycles. The van der Waals surface area contributed by atoms with Crippen molar-refractivity contribution in [3.05, 3.63) is 46.7 Å². The summed E-state index contributed by atoms with van der Waals surface area (Å²) in [5, 5.41) is 11.1. The number of nitrogens with zero attached hydrogens (tertiary/aromatic N) is 3. The molecule has 0 fully saturated rings. The number of aromatic nitrogens is 3. The SMILES string of the molecule is COc1ccc2nc3c(cc2c1)c(NC(=O)c1cccs1)nn3C(C)C. The zero-order chi connectivity index (χ0) is 18.3. The number of hydrogen-bond acceptors (Lipinski definition) is 5. The van der Waals surface area contributed by atoms with Gasteiger partial charge in [-0.3, -0.25) is 4.79 Å². The summed E-state index contributed by atoms with van der Waals surface area (Å²) in [6.45, 7) is 4.08. The number of amides is 1. The minimum Gasteiger partial charge on any atom is -0.497 e. The number of pyridine rings is 1. The van der Waals surface area contributed by atoms with E-state index in [1.165, 1.54) is 11.3 Å². The van der Waals surface area contributed by atoms with Gasteiger partial charge in [-0.05, 0) is 49.6 Å². The monoisotopic (exact) mass is 366 g/mol. The molecule has 26 heavy (non-hydrogen) atoms. The van der Waals surface area contributed by atoms with Crippen molar-refractivity contribution >= 4 is 45.0 Å². The van der Waals surface area contributed by atoms with E-state index in [1.54, 1.807) is 13.2 Å². The molecule has 0 spiro atoms. The Labute approximate surface area is 154 Å². The number of fused-ring (bicyclic) bond motifs is 2. The van der Waals surface area contributed by atoms with Crippen molar-refractivity contribution in [3.63, 3.8) is 0 Å². The molecule has 0 unspecified atom stereocenters. The number of anilines is 1. The average Bonchev–Trinajstić information content (AvgIpc) is 3.28. The van der Waals surface area contributed by atoms with Crippen molar-refractivity contribution in [2.24, 2.45) is 0 Å². The van der Waals surface area contributed by atoms with Gasteiger partial charge in [0.15, 0.2) is 11.5 Å². The predicted molar refractivity (Wildman–Crippen MR) is 104 cm³/mol. The van der Waals surface area contributed by atoms with Crippen molar-refractivity contribution in [2.75, 3.05) is 12.4 Å². The zero-order valence-electron chi connectivity index (χ0n) is 14.7. The van der Waals surface area contributed by atoms with Gasteiger partial charge in [0.2, 0.25) is 0 Å². The van der Waals surface area contributed by atoms with Crippen LogP contribution in [0.1, 0.15) is 29.6 Å². The van der Waals surface area contributed by atoms with E-state index in [2.05, 4.69) is 10.4 Å². The average molecular weight is 366 g/mol. The summed E-state index contributed by atoms with van der Waals surface area (Å²) in [4.78, 5) is 17.9. The Kier molecular flexibility index (Phi) is 4.08. The third kappa shape index (κ3) is 2.80. The first-order valence-corrected chi connectivity index (χ1v) is 9.16. The Morgan fingerprint density at radius 3 is 2.81 bits per heavy atom. The van der Waals surface area contributed by atoms with Gasteiger partial charge in [0.25, 0.3) is 5.91 Å². The van der Waals surface area contributed by atoms with Crippen LogP contribution >= 0.6 is 11.3 Å². The minimum absolute atomic E-state index is 0.119. The number of hydrogen-bond donors (Lipinski definition) is 1. The van der Waals surface area contributed by atoms with Crippen molar-refractivity contribution < 1.29 is 9.53 Å². The van der Waals surface area contributed by atoms with E-state index in [4.69, 9.17) is 9.72 Å². The molecule has 1 N–H and O–H groups in total. The number of carbonyl (C=O) groups excluding carboxylic acids is 1. The van der Waals surface area contributed by atoms with E-state index in [9.17, 15) is 4.79 Å². The summed E-state index contributed by atoms with van der Waals surface area (Å²) in [7, 11) is 1.64. The number of methoxy groups -OCH3 is 1. The van der Waals surface area contributed by atoms with Gasteiger partial charge >= 0.3 is 0 Å². The second kappa shape index (κ2) is 6.42. The molecule has 7 heteroatoms. The van der Waals surface area contributed by atoms with Gasteiger partial charge in [0.05, 0.1) is 22.9 Å². The van der Waals surface area contributed by atoms with Crippen LogP contribution in [0, 0.1) is 0 Å². The Balaban J connectivity index is 1.88. The van der Waals surface area contributed by atoms with Gasteiger partial charge in [-0.25, -0.2) is 9.67 Å². The van der Waals surface area contributed by atoms with Gasteiger partial charge in [-0.1, -0.05) is 6.07 Å². The first-order chi connectivity index (χ1) is 12.6. The van der Waals surface area contributed by atoms with Gasteiger partial charge in [-0.15, -0.1) is 11.3 Å². The standard InChI is InChI=1S/C19H18N4O2S/c1-11(2)23-18-14(10-12-9-13(25-3)6-7-15(12)20-18)17(22-23)21-19(24)16-5-4-8-26-16/h4-11H,1-3H3,(H,21,22,24). The first-order valence-electron chi connectivity index (χ1n) is 8.28. The van der Waals surface area contributed by atoms with Crippen LogP contribution in [-0.4, -0.2) is 27.8 Å². The highest BCUT2D eigenvalue weighted by molar-refractivity contribution is 7.12. The van der Waals surface area contributed by atoms with Gasteiger partial charge in [-0.2, -0.15) is 5.10 Å². The van der Waals surface area contributed by atoms with E-state index in [1.807, 2.05) is 54.2 Å². The third-order valence-corrected chi connectivity index (χ3v) is 5.02. The van der Waals surface area contributed by atoms with Crippen LogP contribution in [0.15, 0.2) is 41.8 Å². The highest BCUT2D eigenvalue weighted by Gasteiger charge is 2.18. The molecule has 0 aliphatic rings. The Morgan fingerprint density at radius 1 is 1.27 bits per heavy atom. The van der Waals surface area contributed by atoms with E-state index >= 15 is 0 Å². The van der Waals surface area contributed by atoms with E-state index in [0.717, 1.165) is 27.7 Å². The van der Waals surface area contributed by atoms with Gasteiger partial charge in [0.1, 0.15) is 5.75 Å². The van der Waals surface area contributed by atoms with Gasteiger partial charge in [0, 0.05) is 11.4 Å². The maximum atomic E-state index is 12.5. The number of carbonyl (C=O) groups is 1. The highest BCUT2D eigenvalue weighted by Crippen LogP contribution is 2.30. The molecule has 4 aromatic rings. The zero-order valence-corrected chi connectivity index (χ0v) is 15.5. The molecule has 3 aromatic heterocycles. The fourth-order valence-corrected chi connectivity index (χ4v) is 3.48. The molecule has 0 bridgehead atoms. The second-order valence-electron chi connectivity index (χ2n) is 6.24. The smallest absolute Gasteiger partial charge is 0.266 e. The second-order valence-corrected chi connectivity index (χ2v) is 7.18. The maximum absolute atomic E-state index is 12.5. The molecule has 6 nitrogen and oxygen atoms in total. The number of ether oxygens (including phenoxy) is 1. The summed E-state index contributed by atoms with van der Waals surface area (Å²) in [6.07, 6.45) is 0. The molecular formula is C19H18N4O2S. The maximum Gasteiger partial charge on any atom is 0.266 e. The van der Waals surface area contributed by atoms with Crippen molar-refractivity contribution in [1.29, 1.82) is 0 Å². The van der Waals surface area contributed by atoms with Crippen LogP contribution in [0.4, 0.5) is 5.82 Å². The normalized spacial score (nSPS) is 11.4. The fraction of sp³-hybridized carbons (Fsp3) is 0.211. The number of nitrogens with one attached hydrogen (secondary N) is 1. The Morgan fingerprint density at radius 2 is 2.12 bits per heavy atom. The molecule has 0 aliphatic carbocycles. The van der Waals surface area contributed by atoms with E-state index in [-0.39, 0.29) is 11.9 Å². The lowest BCUT2D eigenvalue weighted by Gasteiger charge is -2.07. The number of rotatable bonds is 4. The quantitative estimate of drug-likeness (QED) is 0.578. The summed E-state index contributed by atoms with van der Waals surface area (Å²) < 4.78 is 7.14. The molecular weight excluding hydrogens is 348 g/mol. The van der Waals surface area contributed by atoms with Crippen LogP contribution in [0.3, 0.4) is 0 Å². The number of thiophene rings is 1. The van der Waals surface area contributed by atoms with Crippen LogP contribution in [0.5, 0.6) is 5.75 Å². The van der Waals surface area contributed by atoms with Crippen LogP contribution in [0.2, 0.25) is 0 Å². The lowest BCUT2D eigenvalue weighted by atomic mass is 10.1. The molecule has 0 saturated heterocycles. The first kappa shape index (κ1) is 16.5. The summed E-state index contributed by atoms with van der Waals surface area (Å²) in [6, 6.07) is 11.5. The third-order valence-electron chi connectivity index (χ3n) is 4.15. The molecule has 1 amide bonds. The van der Waals surface area contributed by atoms with Gasteiger partial charge < -0.3 is 10.1 Å². The highest BCUT2D eigenvalue weighted by atomic mass is 32.1. The number of benzene rings is 1. The topological polar surface area (TPSA) is 69.0 Å². The molecule has 0 atom stereocenters. The lowest BCUT2D eigenvalue weighted by molar-refractivity contribution is 0.103. The summed E-state index contributed by atoms with van der Waals surface area (Å²) in [5.74, 6) is 1.12. The lowest BCUT2D eigenvalue weighted by Crippen LogP contribution is -2.11. The molecule has 0 radical (unpaired) electrons. The molecule has 0 aliphatic heterocycles.